The van der Waals surface area contributed by atoms with E-state index in [-0.39, 0.29) is 33.9 Å². The fourth-order valence-electron chi connectivity index (χ4n) is 4.81. The van der Waals surface area contributed by atoms with E-state index in [2.05, 4.69) is 39.9 Å². The lowest BCUT2D eigenvalue weighted by Gasteiger charge is -1.99. The maximum atomic E-state index is 11.3. The molecule has 0 amide bonds. The number of pyridine rings is 2. The second-order valence-corrected chi connectivity index (χ2v) is 11.7. The molecule has 0 radical (unpaired) electrons. The number of imidazole rings is 2. The summed E-state index contributed by atoms with van der Waals surface area (Å²) in [4.78, 5) is 81.6. The van der Waals surface area contributed by atoms with Gasteiger partial charge in [-0.15, -0.1) is 0 Å². The minimum Gasteiger partial charge on any atom is -0.385 e. The number of H-pyrrole nitrogens is 3. The van der Waals surface area contributed by atoms with Crippen molar-refractivity contribution in [1.82, 2.24) is 58.1 Å². The lowest BCUT2D eigenvalue weighted by atomic mass is 10.2. The van der Waals surface area contributed by atoms with Crippen molar-refractivity contribution in [3.8, 4) is 0 Å². The van der Waals surface area contributed by atoms with E-state index in [0.717, 1.165) is 36.2 Å². The molecule has 0 aliphatic rings. The number of nitrogens with one attached hydrogen (secondary N) is 3. The molecule has 0 saturated heterocycles. The van der Waals surface area contributed by atoms with Gasteiger partial charge in [0, 0.05) is 55.8 Å². The molecule has 0 atom stereocenters. The van der Waals surface area contributed by atoms with Gasteiger partial charge in [0.1, 0.15) is 29.3 Å². The van der Waals surface area contributed by atoms with E-state index in [1.165, 1.54) is 15.5 Å². The van der Waals surface area contributed by atoms with Crippen LogP contribution in [0.2, 0.25) is 0 Å². The highest BCUT2D eigenvalue weighted by Gasteiger charge is 2.06. The largest absolute Gasteiger partial charge is 0.385 e. The number of nitrogens with two attached hydrogens (primary N) is 4. The van der Waals surface area contributed by atoms with Crippen LogP contribution in [-0.2, 0) is 32.6 Å². The van der Waals surface area contributed by atoms with Crippen molar-refractivity contribution in [2.24, 2.45) is 0 Å². The molecule has 0 fully saturated rings. The number of aromatic amines is 3. The van der Waals surface area contributed by atoms with Gasteiger partial charge in [-0.2, -0.15) is 4.98 Å². The van der Waals surface area contributed by atoms with Crippen LogP contribution in [0.4, 0.5) is 23.3 Å². The lowest BCUT2D eigenvalue weighted by Crippen LogP contribution is -2.30. The summed E-state index contributed by atoms with van der Waals surface area (Å²) in [6, 6.07) is 6.76. The fourth-order valence-corrected chi connectivity index (χ4v) is 4.81. The molecule has 56 heavy (non-hydrogen) atoms. The number of hydrogen-bond acceptors (Lipinski definition) is 14. The summed E-state index contributed by atoms with van der Waals surface area (Å²) in [5.41, 5.74) is 24.5. The first-order valence-electron chi connectivity index (χ1n) is 17.5. The molecule has 0 spiro atoms. The fraction of sp³-hybridized carbons (Fsp3) is 0.314. The highest BCUT2D eigenvalue weighted by atomic mass is 16.2. The third-order valence-corrected chi connectivity index (χ3v) is 7.91. The summed E-state index contributed by atoms with van der Waals surface area (Å²) in [6.45, 7) is 14.2. The van der Waals surface area contributed by atoms with Crippen molar-refractivity contribution in [2.45, 2.75) is 74.1 Å². The normalized spacial score (nSPS) is 10.2. The molecule has 21 heteroatoms. The first-order valence-corrected chi connectivity index (χ1v) is 17.5. The van der Waals surface area contributed by atoms with Gasteiger partial charge in [-0.1, -0.05) is 6.92 Å². The molecule has 7 heterocycles. The van der Waals surface area contributed by atoms with Gasteiger partial charge in [-0.05, 0) is 59.2 Å². The van der Waals surface area contributed by atoms with Crippen LogP contribution in [0, 0.1) is 6.92 Å². The number of anilines is 4. The molecule has 298 valence electrons. The predicted octanol–water partition coefficient (Wildman–Crippen LogP) is 0.985. The van der Waals surface area contributed by atoms with Crippen LogP contribution in [-0.4, -0.2) is 58.1 Å². The van der Waals surface area contributed by atoms with E-state index in [0.29, 0.717) is 47.1 Å². The number of aryl methyl sites for hydroxylation is 6. The summed E-state index contributed by atoms with van der Waals surface area (Å²) in [5.74, 6) is 1.50. The number of nitrogens with zero attached hydrogens (tertiary/aromatic N) is 9. The van der Waals surface area contributed by atoms with Crippen molar-refractivity contribution in [3.05, 3.63) is 119 Å². The third-order valence-electron chi connectivity index (χ3n) is 7.91. The Morgan fingerprint density at radius 3 is 1.88 bits per heavy atom. The Labute approximate surface area is 319 Å². The Bertz CT molecular complexity index is 2610. The molecule has 0 aromatic carbocycles. The van der Waals surface area contributed by atoms with Crippen LogP contribution < -0.4 is 51.0 Å². The molecular formula is C35H48N16O5. The zero-order valence-corrected chi connectivity index (χ0v) is 32.1. The second kappa shape index (κ2) is 20.2. The van der Waals surface area contributed by atoms with Crippen LogP contribution in [0.3, 0.4) is 0 Å². The van der Waals surface area contributed by atoms with Crippen molar-refractivity contribution >= 4 is 45.5 Å². The lowest BCUT2D eigenvalue weighted by molar-refractivity contribution is 0.687. The highest BCUT2D eigenvalue weighted by molar-refractivity contribution is 5.81. The first-order chi connectivity index (χ1) is 26.7. The van der Waals surface area contributed by atoms with E-state index in [9.17, 15) is 24.0 Å². The number of nitrogen functional groups attached to an aromatic ring is 4. The molecule has 21 nitrogen and oxygen atoms in total. The van der Waals surface area contributed by atoms with Gasteiger partial charge in [-0.25, -0.2) is 29.5 Å². The van der Waals surface area contributed by atoms with Crippen molar-refractivity contribution in [1.29, 1.82) is 0 Å². The Balaban J connectivity index is 0.000000189. The number of hydrogen-bond donors (Lipinski definition) is 7. The standard InChI is InChI=1S/C8H10N4O.C7H9N5.C7H10N2O2.C7H10N2O.C6H9N3O/c1-2-12-4-10-7-5(12)3-6(9)11-8(7)13;1-2-12-4-11-5-6(8)9-3-10-7(5)12;1-3-9-4-5(2)6(10)8-7(9)11;1-2-5-3-4-6(8)9-7(5)10;1-2-9-4-3-5(7)8-6(9)10/h3-4H,2H2,1H3,(H3,9,11,13);3-4H,2H2,1H3,(H2,8,9,10);4H,3H2,1-2H3,(H,8,10,11);3-4H,2H2,1H3,(H3,8,9,10);3-4H,2H2,1H3,(H2,7,8,10). The molecule has 0 unspecified atom stereocenters. The molecule has 7 aromatic rings. The van der Waals surface area contributed by atoms with Crippen LogP contribution in [0.5, 0.6) is 0 Å². The van der Waals surface area contributed by atoms with Crippen LogP contribution in [0.1, 0.15) is 45.7 Å². The minimum atomic E-state index is -0.344. The van der Waals surface area contributed by atoms with E-state index >= 15 is 0 Å². The summed E-state index contributed by atoms with van der Waals surface area (Å²) < 4.78 is 6.74. The Kier molecular flexibility index (Phi) is 15.6. The maximum Gasteiger partial charge on any atom is 0.349 e. The van der Waals surface area contributed by atoms with Gasteiger partial charge in [0.15, 0.2) is 17.0 Å². The zero-order chi connectivity index (χ0) is 41.5. The van der Waals surface area contributed by atoms with Gasteiger partial charge in [-0.3, -0.25) is 23.9 Å². The summed E-state index contributed by atoms with van der Waals surface area (Å²) in [5, 5.41) is 0. The molecule has 0 bridgehead atoms. The van der Waals surface area contributed by atoms with Crippen LogP contribution in [0.25, 0.3) is 22.2 Å². The van der Waals surface area contributed by atoms with Gasteiger partial charge in [0.05, 0.1) is 18.2 Å². The quantitative estimate of drug-likeness (QED) is 0.128. The smallest absolute Gasteiger partial charge is 0.349 e. The predicted molar refractivity (Wildman–Crippen MR) is 217 cm³/mol. The van der Waals surface area contributed by atoms with E-state index < -0.39 is 0 Å². The summed E-state index contributed by atoms with van der Waals surface area (Å²) in [6.07, 6.45) is 8.74. The van der Waals surface area contributed by atoms with E-state index in [1.54, 1.807) is 56.2 Å². The number of rotatable bonds is 5. The molecule has 0 aliphatic carbocycles. The average Bonchev–Trinajstić information content (AvgIpc) is 3.79. The summed E-state index contributed by atoms with van der Waals surface area (Å²) in [7, 11) is 0. The van der Waals surface area contributed by atoms with Gasteiger partial charge in [0.2, 0.25) is 0 Å². The maximum absolute atomic E-state index is 11.3. The SMILES string of the molecule is CCc1ccc(N)[nH]c1=O.CCn1cc(C)c(=O)[nH]c1=O.CCn1ccc(N)nc1=O.CCn1cnc2c(=O)[nH]c(N)cc21.CCn1cnc2c(N)ncnc21. The molecule has 0 saturated carbocycles. The van der Waals surface area contributed by atoms with Gasteiger partial charge < -0.3 is 46.6 Å². The van der Waals surface area contributed by atoms with Gasteiger partial charge in [0.25, 0.3) is 16.7 Å². The monoisotopic (exact) mass is 772 g/mol. The second-order valence-electron chi connectivity index (χ2n) is 11.7. The number of fused-ring (bicyclic) bond motifs is 2. The Hall–Kier alpha value is -7.32. The topological polar surface area (TPSA) is 321 Å². The van der Waals surface area contributed by atoms with Crippen molar-refractivity contribution in [2.75, 3.05) is 22.9 Å². The van der Waals surface area contributed by atoms with Crippen LogP contribution in [0.15, 0.2) is 79.6 Å². The van der Waals surface area contributed by atoms with Crippen molar-refractivity contribution < 1.29 is 0 Å². The van der Waals surface area contributed by atoms with E-state index in [4.69, 9.17) is 22.9 Å². The first kappa shape index (κ1) is 43.1. The minimum absolute atomic E-state index is 0.0810. The Morgan fingerprint density at radius 1 is 0.643 bits per heavy atom. The third kappa shape index (κ3) is 11.3. The van der Waals surface area contributed by atoms with E-state index in [1.807, 2.05) is 43.8 Å². The molecule has 7 aromatic heterocycles. The molecular weight excluding hydrogens is 724 g/mol. The molecule has 7 rings (SSSR count). The van der Waals surface area contributed by atoms with Crippen molar-refractivity contribution in [3.63, 3.8) is 0 Å². The van der Waals surface area contributed by atoms with Crippen LogP contribution >= 0.6 is 0 Å². The Morgan fingerprint density at radius 2 is 1.27 bits per heavy atom. The average molecular weight is 773 g/mol. The molecule has 0 aliphatic heterocycles. The van der Waals surface area contributed by atoms with Gasteiger partial charge >= 0.3 is 11.4 Å². The zero-order valence-electron chi connectivity index (χ0n) is 32.1. The summed E-state index contributed by atoms with van der Waals surface area (Å²) >= 11 is 0. The number of aromatic nitrogens is 12. The highest BCUT2D eigenvalue weighted by Crippen LogP contribution is 2.13. The molecule has 11 N–H and O–H groups in total.